The maximum absolute atomic E-state index is 13.6. The van der Waals surface area contributed by atoms with E-state index in [1.54, 1.807) is 36.3 Å². The lowest BCUT2D eigenvalue weighted by Crippen LogP contribution is -2.34. The summed E-state index contributed by atoms with van der Waals surface area (Å²) in [5.41, 5.74) is 1.54. The van der Waals surface area contributed by atoms with Crippen molar-refractivity contribution in [2.75, 3.05) is 44.1 Å². The van der Waals surface area contributed by atoms with E-state index in [9.17, 15) is 14.4 Å². The molecule has 0 saturated carbocycles. The van der Waals surface area contributed by atoms with Crippen LogP contribution in [0, 0.1) is 0 Å². The standard InChI is InChI=1S/C24H26N4O4S/c1-26(2)13-6-14-27(24-25-22-18(32-3)9-5-10-19(22)33-24)23(31)16-7-4-8-17(15-16)28-20(29)11-12-21(28)30/h4-5,7-10,15H,6,11-14H2,1-3H3. The first-order valence-electron chi connectivity index (χ1n) is 10.7. The van der Waals surface area contributed by atoms with Gasteiger partial charge in [0.2, 0.25) is 11.8 Å². The van der Waals surface area contributed by atoms with Gasteiger partial charge in [0.25, 0.3) is 5.91 Å². The molecule has 1 fully saturated rings. The molecule has 1 aliphatic heterocycles. The number of aromatic nitrogens is 1. The number of imide groups is 1. The van der Waals surface area contributed by atoms with E-state index in [1.807, 2.05) is 32.3 Å². The number of nitrogens with zero attached hydrogens (tertiary/aromatic N) is 4. The fraction of sp³-hybridized carbons (Fsp3) is 0.333. The summed E-state index contributed by atoms with van der Waals surface area (Å²) in [6.45, 7) is 1.29. The average molecular weight is 467 g/mol. The molecule has 2 heterocycles. The number of fused-ring (bicyclic) bond motifs is 1. The maximum atomic E-state index is 13.6. The second kappa shape index (κ2) is 9.68. The Balaban J connectivity index is 1.69. The Morgan fingerprint density at radius 3 is 2.52 bits per heavy atom. The van der Waals surface area contributed by atoms with E-state index in [0.717, 1.165) is 22.6 Å². The topological polar surface area (TPSA) is 83.0 Å². The minimum atomic E-state index is -0.245. The van der Waals surface area contributed by atoms with Gasteiger partial charge < -0.3 is 9.64 Å². The van der Waals surface area contributed by atoms with Crippen molar-refractivity contribution in [1.82, 2.24) is 9.88 Å². The molecular weight excluding hydrogens is 440 g/mol. The van der Waals surface area contributed by atoms with Gasteiger partial charge in [0, 0.05) is 24.9 Å². The van der Waals surface area contributed by atoms with Crippen molar-refractivity contribution < 1.29 is 19.1 Å². The predicted molar refractivity (Wildman–Crippen MR) is 129 cm³/mol. The van der Waals surface area contributed by atoms with E-state index in [0.29, 0.717) is 34.2 Å². The highest BCUT2D eigenvalue weighted by atomic mass is 32.1. The van der Waals surface area contributed by atoms with Crippen LogP contribution in [-0.4, -0.2) is 61.9 Å². The molecule has 0 atom stereocenters. The van der Waals surface area contributed by atoms with Crippen LogP contribution in [0.4, 0.5) is 10.8 Å². The number of hydrogen-bond acceptors (Lipinski definition) is 7. The summed E-state index contributed by atoms with van der Waals surface area (Å²) in [7, 11) is 5.57. The summed E-state index contributed by atoms with van der Waals surface area (Å²) < 4.78 is 6.36. The van der Waals surface area contributed by atoms with Crippen molar-refractivity contribution in [1.29, 1.82) is 0 Å². The molecule has 0 N–H and O–H groups in total. The summed E-state index contributed by atoms with van der Waals surface area (Å²) in [6.07, 6.45) is 1.15. The quantitative estimate of drug-likeness (QED) is 0.472. The summed E-state index contributed by atoms with van der Waals surface area (Å²) >= 11 is 1.43. The number of amides is 3. The highest BCUT2D eigenvalue weighted by Gasteiger charge is 2.31. The highest BCUT2D eigenvalue weighted by Crippen LogP contribution is 2.35. The van der Waals surface area contributed by atoms with Crippen molar-refractivity contribution >= 4 is 50.1 Å². The van der Waals surface area contributed by atoms with Gasteiger partial charge in [0.15, 0.2) is 5.13 Å². The molecule has 0 bridgehead atoms. The summed E-state index contributed by atoms with van der Waals surface area (Å²) in [4.78, 5) is 47.6. The maximum Gasteiger partial charge on any atom is 0.260 e. The molecule has 3 amide bonds. The van der Waals surface area contributed by atoms with E-state index in [1.165, 1.54) is 11.3 Å². The predicted octanol–water partition coefficient (Wildman–Crippen LogP) is 3.56. The monoisotopic (exact) mass is 466 g/mol. The Kier molecular flexibility index (Phi) is 6.71. The molecule has 3 aromatic rings. The molecule has 33 heavy (non-hydrogen) atoms. The summed E-state index contributed by atoms with van der Waals surface area (Å²) in [5, 5.41) is 0.581. The SMILES string of the molecule is COc1cccc2sc(N(CCCN(C)C)C(=O)c3cccc(N4C(=O)CCC4=O)c3)nc12. The first-order chi connectivity index (χ1) is 15.9. The third kappa shape index (κ3) is 4.74. The van der Waals surface area contributed by atoms with Crippen LogP contribution in [-0.2, 0) is 9.59 Å². The van der Waals surface area contributed by atoms with Crippen LogP contribution in [0.5, 0.6) is 5.75 Å². The van der Waals surface area contributed by atoms with E-state index < -0.39 is 0 Å². The zero-order valence-corrected chi connectivity index (χ0v) is 19.7. The van der Waals surface area contributed by atoms with Gasteiger partial charge >= 0.3 is 0 Å². The van der Waals surface area contributed by atoms with Crippen molar-refractivity contribution in [3.05, 3.63) is 48.0 Å². The number of thiazole rings is 1. The zero-order valence-electron chi connectivity index (χ0n) is 18.9. The molecule has 8 nitrogen and oxygen atoms in total. The van der Waals surface area contributed by atoms with Crippen molar-refractivity contribution in [3.63, 3.8) is 0 Å². The fourth-order valence-electron chi connectivity index (χ4n) is 3.82. The number of carbonyl (C=O) groups excluding carboxylic acids is 3. The fourth-order valence-corrected chi connectivity index (χ4v) is 4.83. The molecule has 2 aromatic carbocycles. The summed E-state index contributed by atoms with van der Waals surface area (Å²) in [5.74, 6) is -0.0621. The number of hydrogen-bond donors (Lipinski definition) is 0. The van der Waals surface area contributed by atoms with E-state index in [4.69, 9.17) is 9.72 Å². The number of methoxy groups -OCH3 is 1. The van der Waals surface area contributed by atoms with Gasteiger partial charge in [-0.15, -0.1) is 0 Å². The van der Waals surface area contributed by atoms with Gasteiger partial charge in [0.05, 0.1) is 17.5 Å². The minimum Gasteiger partial charge on any atom is -0.494 e. The number of rotatable bonds is 8. The van der Waals surface area contributed by atoms with E-state index in [-0.39, 0.29) is 30.6 Å². The van der Waals surface area contributed by atoms with Crippen LogP contribution < -0.4 is 14.5 Å². The Morgan fingerprint density at radius 2 is 1.82 bits per heavy atom. The first-order valence-corrected chi connectivity index (χ1v) is 11.6. The minimum absolute atomic E-state index is 0.196. The molecule has 0 unspecified atom stereocenters. The van der Waals surface area contributed by atoms with Crippen LogP contribution in [0.3, 0.4) is 0 Å². The van der Waals surface area contributed by atoms with Crippen LogP contribution in [0.2, 0.25) is 0 Å². The van der Waals surface area contributed by atoms with Crippen molar-refractivity contribution in [2.45, 2.75) is 19.3 Å². The number of benzene rings is 2. The molecule has 0 radical (unpaired) electrons. The Morgan fingerprint density at radius 1 is 1.09 bits per heavy atom. The number of para-hydroxylation sites is 1. The molecule has 0 aliphatic carbocycles. The molecule has 172 valence electrons. The Hall–Kier alpha value is -3.30. The molecule has 9 heteroatoms. The zero-order chi connectivity index (χ0) is 23.5. The smallest absolute Gasteiger partial charge is 0.260 e. The Labute approximate surface area is 196 Å². The van der Waals surface area contributed by atoms with Crippen molar-refractivity contribution in [2.24, 2.45) is 0 Å². The van der Waals surface area contributed by atoms with Gasteiger partial charge in [-0.25, -0.2) is 4.98 Å². The van der Waals surface area contributed by atoms with Crippen LogP contribution >= 0.6 is 11.3 Å². The van der Waals surface area contributed by atoms with Crippen LogP contribution in [0.15, 0.2) is 42.5 Å². The van der Waals surface area contributed by atoms with Gasteiger partial charge in [-0.05, 0) is 57.4 Å². The van der Waals surface area contributed by atoms with E-state index in [2.05, 4.69) is 4.90 Å². The molecule has 1 saturated heterocycles. The second-order valence-electron chi connectivity index (χ2n) is 8.09. The summed E-state index contributed by atoms with van der Waals surface area (Å²) in [6, 6.07) is 12.4. The number of carbonyl (C=O) groups is 3. The third-order valence-corrected chi connectivity index (χ3v) is 6.50. The second-order valence-corrected chi connectivity index (χ2v) is 9.10. The average Bonchev–Trinajstić information content (AvgIpc) is 3.38. The van der Waals surface area contributed by atoms with Crippen molar-refractivity contribution in [3.8, 4) is 5.75 Å². The molecule has 1 aliphatic rings. The Bertz CT molecular complexity index is 1190. The number of ether oxygens (including phenoxy) is 1. The van der Waals surface area contributed by atoms with Gasteiger partial charge in [-0.1, -0.05) is 23.5 Å². The largest absolute Gasteiger partial charge is 0.494 e. The molecule has 4 rings (SSSR count). The van der Waals surface area contributed by atoms with Gasteiger partial charge in [-0.2, -0.15) is 0 Å². The van der Waals surface area contributed by atoms with E-state index >= 15 is 0 Å². The molecular formula is C24H26N4O4S. The molecule has 1 aromatic heterocycles. The lowest BCUT2D eigenvalue weighted by molar-refractivity contribution is -0.121. The number of anilines is 2. The van der Waals surface area contributed by atoms with Gasteiger partial charge in [0.1, 0.15) is 11.3 Å². The first kappa shape index (κ1) is 22.9. The molecule has 0 spiro atoms. The lowest BCUT2D eigenvalue weighted by Gasteiger charge is -2.22. The van der Waals surface area contributed by atoms with Gasteiger partial charge in [-0.3, -0.25) is 24.2 Å². The third-order valence-electron chi connectivity index (χ3n) is 5.46. The highest BCUT2D eigenvalue weighted by molar-refractivity contribution is 7.22. The lowest BCUT2D eigenvalue weighted by atomic mass is 10.1. The van der Waals surface area contributed by atoms with Crippen LogP contribution in [0.1, 0.15) is 29.6 Å². The normalized spacial score (nSPS) is 13.9. The van der Waals surface area contributed by atoms with Crippen LogP contribution in [0.25, 0.3) is 10.2 Å².